The molecule has 0 saturated carbocycles. The Labute approximate surface area is 185 Å². The van der Waals surface area contributed by atoms with Gasteiger partial charge in [0, 0.05) is 12.5 Å². The van der Waals surface area contributed by atoms with Crippen LogP contribution in [0, 0.1) is 18.3 Å². The Morgan fingerprint density at radius 1 is 1.23 bits per heavy atom. The van der Waals surface area contributed by atoms with Gasteiger partial charge in [0.1, 0.15) is 21.8 Å². The minimum atomic E-state index is -0.192. The molecule has 2 aromatic carbocycles. The first-order valence-corrected chi connectivity index (χ1v) is 10.5. The van der Waals surface area contributed by atoms with Crippen molar-refractivity contribution in [3.63, 3.8) is 0 Å². The summed E-state index contributed by atoms with van der Waals surface area (Å²) in [5.41, 5.74) is 3.81. The molecule has 3 rings (SSSR count). The molecule has 0 radical (unpaired) electrons. The van der Waals surface area contributed by atoms with Crippen LogP contribution in [-0.4, -0.2) is 24.6 Å². The molecule has 0 fully saturated rings. The van der Waals surface area contributed by atoms with Gasteiger partial charge in [0.05, 0.1) is 19.3 Å². The van der Waals surface area contributed by atoms with Crippen LogP contribution in [0.15, 0.2) is 42.5 Å². The molecule has 0 atom stereocenters. The van der Waals surface area contributed by atoms with E-state index in [1.807, 2.05) is 56.3 Å². The summed E-state index contributed by atoms with van der Waals surface area (Å²) in [6.07, 6.45) is 1.74. The van der Waals surface area contributed by atoms with Gasteiger partial charge in [-0.25, -0.2) is 4.98 Å². The maximum atomic E-state index is 11.7. The van der Waals surface area contributed by atoms with Crippen molar-refractivity contribution in [2.75, 3.05) is 19.0 Å². The van der Waals surface area contributed by atoms with E-state index in [4.69, 9.17) is 9.47 Å². The summed E-state index contributed by atoms with van der Waals surface area (Å²) in [6.45, 7) is 5.89. The number of benzene rings is 2. The first kappa shape index (κ1) is 22.1. The number of carbonyl (C=O) groups excluding carboxylic acids is 1. The molecule has 0 bridgehead atoms. The summed E-state index contributed by atoms with van der Waals surface area (Å²) in [7, 11) is 1.57. The van der Waals surface area contributed by atoms with Crippen molar-refractivity contribution in [2.45, 2.75) is 20.8 Å². The number of allylic oxidation sites excluding steroid dienone is 1. The van der Waals surface area contributed by atoms with Crippen LogP contribution in [0.5, 0.6) is 11.5 Å². The third-order valence-corrected chi connectivity index (χ3v) is 5.40. The summed E-state index contributed by atoms with van der Waals surface area (Å²) in [5, 5.41) is 13.8. The van der Waals surface area contributed by atoms with Crippen molar-refractivity contribution in [3.8, 4) is 28.8 Å². The molecule has 0 aliphatic carbocycles. The Kier molecular flexibility index (Phi) is 7.06. The number of hydrogen-bond acceptors (Lipinski definition) is 6. The molecule has 0 spiro atoms. The van der Waals surface area contributed by atoms with Crippen LogP contribution >= 0.6 is 11.3 Å². The molecule has 0 aliphatic heterocycles. The monoisotopic (exact) mass is 433 g/mol. The number of nitriles is 1. The highest BCUT2D eigenvalue weighted by atomic mass is 32.1. The van der Waals surface area contributed by atoms with Gasteiger partial charge in [-0.2, -0.15) is 5.26 Å². The van der Waals surface area contributed by atoms with E-state index < -0.39 is 0 Å². The highest BCUT2D eigenvalue weighted by Gasteiger charge is 2.17. The maximum absolute atomic E-state index is 11.7. The molecule has 1 heterocycles. The fourth-order valence-electron chi connectivity index (χ4n) is 2.94. The van der Waals surface area contributed by atoms with Gasteiger partial charge in [-0.05, 0) is 37.6 Å². The molecule has 1 N–H and O–H groups in total. The summed E-state index contributed by atoms with van der Waals surface area (Å²) in [6, 6.07) is 15.6. The number of methoxy groups -OCH3 is 1. The molecule has 0 saturated heterocycles. The van der Waals surface area contributed by atoms with Gasteiger partial charge in [-0.15, -0.1) is 0 Å². The lowest BCUT2D eigenvalue weighted by molar-refractivity contribution is -0.114. The molecule has 0 aliphatic rings. The number of nitrogens with one attached hydrogen (secondary N) is 1. The molecule has 3 aromatic rings. The van der Waals surface area contributed by atoms with Gasteiger partial charge < -0.3 is 14.8 Å². The summed E-state index contributed by atoms with van der Waals surface area (Å²) in [4.78, 5) is 16.4. The molecule has 6 nitrogen and oxygen atoms in total. The highest BCUT2D eigenvalue weighted by molar-refractivity contribution is 7.17. The number of ether oxygens (including phenoxy) is 2. The number of nitrogens with zero attached hydrogens (tertiary/aromatic N) is 2. The van der Waals surface area contributed by atoms with Gasteiger partial charge in [0.2, 0.25) is 5.91 Å². The van der Waals surface area contributed by atoms with E-state index in [2.05, 4.69) is 16.4 Å². The molecule has 31 heavy (non-hydrogen) atoms. The standard InChI is InChI=1S/C24H23N3O3S/c1-5-30-20-11-8-17(13-21(20)29-4)12-19(14-25)23-27-22(24(31-23)26-16(3)28)18-9-6-15(2)7-10-18/h6-13H,5H2,1-4H3,(H,26,28). The zero-order chi connectivity index (χ0) is 22.4. The number of rotatable bonds is 7. The highest BCUT2D eigenvalue weighted by Crippen LogP contribution is 2.37. The minimum absolute atomic E-state index is 0.192. The predicted octanol–water partition coefficient (Wildman–Crippen LogP) is 5.55. The number of aryl methyl sites for hydroxylation is 1. The van der Waals surface area contributed by atoms with Crippen LogP contribution in [0.2, 0.25) is 0 Å². The number of amides is 1. The lowest BCUT2D eigenvalue weighted by atomic mass is 10.1. The van der Waals surface area contributed by atoms with Gasteiger partial charge in [0.25, 0.3) is 0 Å². The first-order valence-electron chi connectivity index (χ1n) is 9.73. The van der Waals surface area contributed by atoms with E-state index in [-0.39, 0.29) is 5.91 Å². The Morgan fingerprint density at radius 2 is 1.97 bits per heavy atom. The topological polar surface area (TPSA) is 84.2 Å². The number of hydrogen-bond donors (Lipinski definition) is 1. The number of aromatic nitrogens is 1. The average Bonchev–Trinajstić information content (AvgIpc) is 3.16. The quantitative estimate of drug-likeness (QED) is 0.494. The van der Waals surface area contributed by atoms with Crippen molar-refractivity contribution in [2.24, 2.45) is 0 Å². The van der Waals surface area contributed by atoms with Crippen molar-refractivity contribution in [1.82, 2.24) is 4.98 Å². The third-order valence-electron chi connectivity index (χ3n) is 4.39. The van der Waals surface area contributed by atoms with Gasteiger partial charge in [-0.1, -0.05) is 47.2 Å². The van der Waals surface area contributed by atoms with Crippen molar-refractivity contribution >= 4 is 33.9 Å². The van der Waals surface area contributed by atoms with E-state index in [0.29, 0.717) is 39.4 Å². The lowest BCUT2D eigenvalue weighted by Crippen LogP contribution is -2.05. The Morgan fingerprint density at radius 3 is 2.58 bits per heavy atom. The summed E-state index contributed by atoms with van der Waals surface area (Å²) >= 11 is 1.27. The van der Waals surface area contributed by atoms with Crippen LogP contribution in [0.4, 0.5) is 5.00 Å². The van der Waals surface area contributed by atoms with Crippen LogP contribution in [0.25, 0.3) is 22.9 Å². The van der Waals surface area contributed by atoms with Crippen molar-refractivity contribution < 1.29 is 14.3 Å². The maximum Gasteiger partial charge on any atom is 0.221 e. The fraction of sp³-hybridized carbons (Fsp3) is 0.208. The molecule has 1 amide bonds. The van der Waals surface area contributed by atoms with E-state index in [1.54, 1.807) is 13.2 Å². The largest absolute Gasteiger partial charge is 0.493 e. The normalized spacial score (nSPS) is 11.0. The second-order valence-corrected chi connectivity index (χ2v) is 7.76. The zero-order valence-corrected chi connectivity index (χ0v) is 18.7. The van der Waals surface area contributed by atoms with Gasteiger partial charge >= 0.3 is 0 Å². The molecular weight excluding hydrogens is 410 g/mol. The molecule has 1 aromatic heterocycles. The molecule has 158 valence electrons. The van der Waals surface area contributed by atoms with E-state index >= 15 is 0 Å². The zero-order valence-electron chi connectivity index (χ0n) is 17.9. The smallest absolute Gasteiger partial charge is 0.221 e. The first-order chi connectivity index (χ1) is 14.9. The van der Waals surface area contributed by atoms with Crippen LogP contribution in [-0.2, 0) is 4.79 Å². The SMILES string of the molecule is CCOc1ccc(C=C(C#N)c2nc(-c3ccc(C)cc3)c(NC(C)=O)s2)cc1OC. The van der Waals surface area contributed by atoms with Gasteiger partial charge in [0.15, 0.2) is 11.5 Å². The van der Waals surface area contributed by atoms with Crippen LogP contribution in [0.3, 0.4) is 0 Å². The minimum Gasteiger partial charge on any atom is -0.493 e. The van der Waals surface area contributed by atoms with E-state index in [1.165, 1.54) is 18.3 Å². The Balaban J connectivity index is 2.04. The number of carbonyl (C=O) groups is 1. The number of thiazole rings is 1. The fourth-order valence-corrected chi connectivity index (χ4v) is 3.94. The molecule has 0 unspecified atom stereocenters. The van der Waals surface area contributed by atoms with E-state index in [9.17, 15) is 10.1 Å². The van der Waals surface area contributed by atoms with Crippen molar-refractivity contribution in [3.05, 3.63) is 58.6 Å². The second-order valence-electron chi connectivity index (χ2n) is 6.76. The van der Waals surface area contributed by atoms with Crippen LogP contribution in [0.1, 0.15) is 30.0 Å². The molecular formula is C24H23N3O3S. The lowest BCUT2D eigenvalue weighted by Gasteiger charge is -2.09. The average molecular weight is 434 g/mol. The summed E-state index contributed by atoms with van der Waals surface area (Å²) < 4.78 is 10.9. The predicted molar refractivity (Wildman–Crippen MR) is 124 cm³/mol. The Bertz CT molecular complexity index is 1160. The third kappa shape index (κ3) is 5.30. The number of anilines is 1. The van der Waals surface area contributed by atoms with Crippen molar-refractivity contribution in [1.29, 1.82) is 5.26 Å². The second kappa shape index (κ2) is 9.92. The van der Waals surface area contributed by atoms with Crippen LogP contribution < -0.4 is 14.8 Å². The van der Waals surface area contributed by atoms with E-state index in [0.717, 1.165) is 16.7 Å². The summed E-state index contributed by atoms with van der Waals surface area (Å²) in [5.74, 6) is 1.04. The molecule has 7 heteroatoms. The Hall–Kier alpha value is -3.63. The van der Waals surface area contributed by atoms with Gasteiger partial charge in [-0.3, -0.25) is 4.79 Å².